The summed E-state index contributed by atoms with van der Waals surface area (Å²) in [6.07, 6.45) is 1.52. The van der Waals surface area contributed by atoms with Gasteiger partial charge in [-0.15, -0.1) is 0 Å². The van der Waals surface area contributed by atoms with Gasteiger partial charge in [-0.2, -0.15) is 0 Å². The molecule has 0 saturated carbocycles. The third-order valence-electron chi connectivity index (χ3n) is 3.95. The van der Waals surface area contributed by atoms with Crippen LogP contribution in [0.4, 0.5) is 0 Å². The number of esters is 1. The first-order chi connectivity index (χ1) is 12.7. The SMILES string of the molecule is C=CC(=O)OC(Cc1ccccc1)(Oc1ccccc1)c1ccccc1. The molecule has 3 rings (SSSR count). The van der Waals surface area contributed by atoms with Crippen molar-refractivity contribution in [2.24, 2.45) is 0 Å². The Kier molecular flexibility index (Phi) is 5.49. The number of benzene rings is 3. The van der Waals surface area contributed by atoms with Crippen LogP contribution in [0.2, 0.25) is 0 Å². The fraction of sp³-hybridized carbons (Fsp3) is 0.0870. The van der Waals surface area contributed by atoms with Crippen LogP contribution >= 0.6 is 0 Å². The quantitative estimate of drug-likeness (QED) is 0.348. The molecular formula is C23H20O3. The van der Waals surface area contributed by atoms with E-state index in [4.69, 9.17) is 9.47 Å². The standard InChI is InChI=1S/C23H20O3/c1-2-22(24)26-23(20-14-8-4-9-15-20,18-19-12-6-3-7-13-19)25-21-16-10-5-11-17-21/h2-17H,1,18H2. The van der Waals surface area contributed by atoms with Crippen LogP contribution in [0.5, 0.6) is 5.75 Å². The van der Waals surface area contributed by atoms with E-state index in [9.17, 15) is 4.79 Å². The summed E-state index contributed by atoms with van der Waals surface area (Å²) in [5.41, 5.74) is 1.74. The summed E-state index contributed by atoms with van der Waals surface area (Å²) in [5, 5.41) is 0. The molecule has 1 atom stereocenters. The van der Waals surface area contributed by atoms with Gasteiger partial charge in [-0.25, -0.2) is 4.79 Å². The van der Waals surface area contributed by atoms with Crippen molar-refractivity contribution in [3.8, 4) is 5.75 Å². The zero-order chi connectivity index (χ0) is 18.2. The van der Waals surface area contributed by atoms with Crippen molar-refractivity contribution in [2.45, 2.75) is 12.2 Å². The van der Waals surface area contributed by atoms with Crippen molar-refractivity contribution in [2.75, 3.05) is 0 Å². The Labute approximate surface area is 153 Å². The highest BCUT2D eigenvalue weighted by Gasteiger charge is 2.39. The van der Waals surface area contributed by atoms with Crippen molar-refractivity contribution < 1.29 is 14.3 Å². The molecule has 0 aliphatic rings. The summed E-state index contributed by atoms with van der Waals surface area (Å²) < 4.78 is 12.1. The van der Waals surface area contributed by atoms with Gasteiger partial charge in [0, 0.05) is 11.6 Å². The van der Waals surface area contributed by atoms with Crippen LogP contribution < -0.4 is 4.74 Å². The van der Waals surface area contributed by atoms with Crippen molar-refractivity contribution in [1.82, 2.24) is 0 Å². The fourth-order valence-electron chi connectivity index (χ4n) is 2.75. The van der Waals surface area contributed by atoms with E-state index in [0.29, 0.717) is 12.2 Å². The predicted molar refractivity (Wildman–Crippen MR) is 102 cm³/mol. The van der Waals surface area contributed by atoms with Crippen molar-refractivity contribution in [3.05, 3.63) is 115 Å². The Bertz CT molecular complexity index is 801. The average molecular weight is 344 g/mol. The molecule has 26 heavy (non-hydrogen) atoms. The Morgan fingerprint density at radius 3 is 1.96 bits per heavy atom. The monoisotopic (exact) mass is 344 g/mol. The molecule has 130 valence electrons. The lowest BCUT2D eigenvalue weighted by Gasteiger charge is -2.34. The maximum atomic E-state index is 12.2. The van der Waals surface area contributed by atoms with E-state index >= 15 is 0 Å². The minimum Gasteiger partial charge on any atom is -0.448 e. The molecule has 0 fully saturated rings. The second-order valence-electron chi connectivity index (χ2n) is 5.82. The number of hydrogen-bond donors (Lipinski definition) is 0. The lowest BCUT2D eigenvalue weighted by Crippen LogP contribution is -2.40. The second kappa shape index (κ2) is 8.17. The molecule has 0 N–H and O–H groups in total. The largest absolute Gasteiger partial charge is 0.448 e. The molecule has 0 heterocycles. The first-order valence-electron chi connectivity index (χ1n) is 8.41. The van der Waals surface area contributed by atoms with E-state index < -0.39 is 11.8 Å². The molecular weight excluding hydrogens is 324 g/mol. The van der Waals surface area contributed by atoms with Crippen LogP contribution in [-0.2, 0) is 21.7 Å². The van der Waals surface area contributed by atoms with Gasteiger partial charge in [0.25, 0.3) is 5.79 Å². The van der Waals surface area contributed by atoms with Crippen LogP contribution in [-0.4, -0.2) is 5.97 Å². The first-order valence-corrected chi connectivity index (χ1v) is 8.41. The Morgan fingerprint density at radius 2 is 1.38 bits per heavy atom. The van der Waals surface area contributed by atoms with E-state index in [1.807, 2.05) is 91.0 Å². The van der Waals surface area contributed by atoms with Gasteiger partial charge >= 0.3 is 5.97 Å². The number of ether oxygens (including phenoxy) is 2. The van der Waals surface area contributed by atoms with Gasteiger partial charge in [-0.3, -0.25) is 0 Å². The molecule has 0 aromatic heterocycles. The molecule has 3 nitrogen and oxygen atoms in total. The Morgan fingerprint density at radius 1 is 0.846 bits per heavy atom. The van der Waals surface area contributed by atoms with E-state index in [-0.39, 0.29) is 0 Å². The Balaban J connectivity index is 2.09. The number of rotatable bonds is 7. The lowest BCUT2D eigenvalue weighted by molar-refractivity contribution is -0.197. The summed E-state index contributed by atoms with van der Waals surface area (Å²) in [6.45, 7) is 3.52. The first kappa shape index (κ1) is 17.5. The number of hydrogen-bond acceptors (Lipinski definition) is 3. The highest BCUT2D eigenvalue weighted by molar-refractivity contribution is 5.81. The third-order valence-corrected chi connectivity index (χ3v) is 3.95. The number of para-hydroxylation sites is 1. The van der Waals surface area contributed by atoms with E-state index in [0.717, 1.165) is 17.2 Å². The van der Waals surface area contributed by atoms with Gasteiger partial charge in [-0.1, -0.05) is 85.4 Å². The molecule has 0 aliphatic heterocycles. The highest BCUT2D eigenvalue weighted by Crippen LogP contribution is 2.33. The van der Waals surface area contributed by atoms with Gasteiger partial charge in [0.2, 0.25) is 0 Å². The minimum atomic E-state index is -1.30. The van der Waals surface area contributed by atoms with Crippen molar-refractivity contribution >= 4 is 5.97 Å². The van der Waals surface area contributed by atoms with Crippen LogP contribution in [0.3, 0.4) is 0 Å². The molecule has 3 aromatic rings. The highest BCUT2D eigenvalue weighted by atomic mass is 16.7. The number of carbonyl (C=O) groups is 1. The van der Waals surface area contributed by atoms with Crippen molar-refractivity contribution in [3.63, 3.8) is 0 Å². The van der Waals surface area contributed by atoms with Gasteiger partial charge in [-0.05, 0) is 17.7 Å². The molecule has 3 heteroatoms. The zero-order valence-corrected chi connectivity index (χ0v) is 14.4. The van der Waals surface area contributed by atoms with Gasteiger partial charge < -0.3 is 9.47 Å². The summed E-state index contributed by atoms with van der Waals surface area (Å²) in [4.78, 5) is 12.2. The lowest BCUT2D eigenvalue weighted by atomic mass is 9.97. The zero-order valence-electron chi connectivity index (χ0n) is 14.4. The summed E-state index contributed by atoms with van der Waals surface area (Å²) in [7, 11) is 0. The van der Waals surface area contributed by atoms with E-state index in [1.165, 1.54) is 0 Å². The molecule has 0 radical (unpaired) electrons. The van der Waals surface area contributed by atoms with Gasteiger partial charge in [0.15, 0.2) is 0 Å². The molecule has 0 amide bonds. The Hall–Kier alpha value is -3.33. The van der Waals surface area contributed by atoms with Crippen LogP contribution in [0, 0.1) is 0 Å². The third kappa shape index (κ3) is 4.19. The normalized spacial score (nSPS) is 12.6. The topological polar surface area (TPSA) is 35.5 Å². The summed E-state index contributed by atoms with van der Waals surface area (Å²) in [5.74, 6) is -1.22. The van der Waals surface area contributed by atoms with Gasteiger partial charge in [0.1, 0.15) is 5.75 Å². The van der Waals surface area contributed by atoms with Crippen LogP contribution in [0.1, 0.15) is 11.1 Å². The smallest absolute Gasteiger partial charge is 0.333 e. The van der Waals surface area contributed by atoms with Crippen molar-refractivity contribution in [1.29, 1.82) is 0 Å². The molecule has 0 bridgehead atoms. The van der Waals surface area contributed by atoms with E-state index in [1.54, 1.807) is 0 Å². The summed E-state index contributed by atoms with van der Waals surface area (Å²) in [6, 6.07) is 28.6. The molecule has 0 saturated heterocycles. The predicted octanol–water partition coefficient (Wildman–Crippen LogP) is 4.89. The van der Waals surface area contributed by atoms with Crippen LogP contribution in [0.25, 0.3) is 0 Å². The molecule has 1 unspecified atom stereocenters. The van der Waals surface area contributed by atoms with Crippen LogP contribution in [0.15, 0.2) is 104 Å². The minimum absolute atomic E-state index is 0.367. The fourth-order valence-corrected chi connectivity index (χ4v) is 2.75. The maximum Gasteiger partial charge on any atom is 0.333 e. The molecule has 3 aromatic carbocycles. The summed E-state index contributed by atoms with van der Waals surface area (Å²) >= 11 is 0. The van der Waals surface area contributed by atoms with Gasteiger partial charge in [0.05, 0.1) is 6.42 Å². The number of carbonyl (C=O) groups excluding carboxylic acids is 1. The molecule has 0 spiro atoms. The maximum absolute atomic E-state index is 12.2. The molecule has 0 aliphatic carbocycles. The van der Waals surface area contributed by atoms with E-state index in [2.05, 4.69) is 6.58 Å². The second-order valence-corrected chi connectivity index (χ2v) is 5.82. The average Bonchev–Trinajstić information content (AvgIpc) is 2.70.